The summed E-state index contributed by atoms with van der Waals surface area (Å²) in [5.74, 6) is 0.858. The van der Waals surface area contributed by atoms with E-state index in [1.807, 2.05) is 13.8 Å². The van der Waals surface area contributed by atoms with Crippen LogP contribution in [0.2, 0.25) is 0 Å². The maximum absolute atomic E-state index is 12.4. The lowest BCUT2D eigenvalue weighted by Crippen LogP contribution is -2.39. The fraction of sp³-hybridized carbons (Fsp3) is 0.714. The molecule has 1 spiro atoms. The lowest BCUT2D eigenvalue weighted by Gasteiger charge is -2.24. The van der Waals surface area contributed by atoms with Crippen LogP contribution < -0.4 is 0 Å². The molecule has 4 aliphatic rings. The van der Waals surface area contributed by atoms with Gasteiger partial charge < -0.3 is 0 Å². The van der Waals surface area contributed by atoms with E-state index in [1.165, 1.54) is 17.7 Å². The van der Waals surface area contributed by atoms with E-state index >= 15 is 0 Å². The van der Waals surface area contributed by atoms with Crippen LogP contribution in [-0.2, 0) is 9.59 Å². The average Bonchev–Trinajstić information content (AvgIpc) is 2.85. The van der Waals surface area contributed by atoms with Crippen LogP contribution >= 0.6 is 0 Å². The van der Waals surface area contributed by atoms with Crippen LogP contribution in [0.25, 0.3) is 0 Å². The van der Waals surface area contributed by atoms with Crippen molar-refractivity contribution in [2.24, 2.45) is 29.1 Å². The number of fused-ring (bicyclic) bond motifs is 3. The van der Waals surface area contributed by atoms with Crippen molar-refractivity contribution in [3.8, 4) is 0 Å². The molecule has 3 fully saturated rings. The predicted octanol–water partition coefficient (Wildman–Crippen LogP) is 1.59. The molecule has 3 aliphatic carbocycles. The Morgan fingerprint density at radius 3 is 1.94 bits per heavy atom. The Hall–Kier alpha value is -1.12. The highest BCUT2D eigenvalue weighted by Gasteiger charge is 2.73. The summed E-state index contributed by atoms with van der Waals surface area (Å²) < 4.78 is 0. The number of amides is 2. The molecule has 2 bridgehead atoms. The second-order valence-electron chi connectivity index (χ2n) is 6.36. The number of allylic oxidation sites excluding steroid dienone is 2. The van der Waals surface area contributed by atoms with E-state index in [2.05, 4.69) is 12.2 Å². The molecule has 3 heteroatoms. The smallest absolute Gasteiger partial charge is 0.233 e. The Balaban J connectivity index is 1.79. The summed E-state index contributed by atoms with van der Waals surface area (Å²) in [6.07, 6.45) is 6.86. The van der Waals surface area contributed by atoms with Crippen LogP contribution in [0, 0.1) is 29.1 Å². The summed E-state index contributed by atoms with van der Waals surface area (Å²) in [7, 11) is 0. The number of hydrogen-bond donors (Lipinski definition) is 0. The Morgan fingerprint density at radius 1 is 1.12 bits per heavy atom. The number of nitrogens with zero attached hydrogens (tertiary/aromatic N) is 1. The molecule has 3 nitrogen and oxygen atoms in total. The van der Waals surface area contributed by atoms with Crippen LogP contribution in [0.1, 0.15) is 26.7 Å². The first-order valence-corrected chi connectivity index (χ1v) is 6.63. The maximum atomic E-state index is 12.4. The third kappa shape index (κ3) is 0.883. The molecule has 2 saturated carbocycles. The van der Waals surface area contributed by atoms with Gasteiger partial charge in [-0.15, -0.1) is 0 Å². The van der Waals surface area contributed by atoms with Crippen molar-refractivity contribution in [1.82, 2.24) is 4.90 Å². The van der Waals surface area contributed by atoms with Crippen molar-refractivity contribution < 1.29 is 9.59 Å². The highest BCUT2D eigenvalue weighted by Crippen LogP contribution is 2.73. The Kier molecular flexibility index (Phi) is 1.54. The third-order valence-electron chi connectivity index (χ3n) is 5.40. The molecule has 0 aromatic carbocycles. The zero-order chi connectivity index (χ0) is 11.9. The standard InChI is InChI=1S/C14H17NO2/c1-7(2)15-12(16)10-8-3-4-9(11(10)13(15)17)14(8)5-6-14/h3-4,7-11H,5-6H2,1-2H3/t8-,9+,10+,11-. The zero-order valence-electron chi connectivity index (χ0n) is 10.2. The molecule has 4 rings (SSSR count). The van der Waals surface area contributed by atoms with Crippen molar-refractivity contribution in [3.63, 3.8) is 0 Å². The highest BCUT2D eigenvalue weighted by atomic mass is 16.2. The van der Waals surface area contributed by atoms with Gasteiger partial charge in [-0.1, -0.05) is 12.2 Å². The minimum absolute atomic E-state index is 0.00940. The number of carbonyl (C=O) groups excluding carboxylic acids is 2. The molecule has 0 aromatic rings. The molecule has 90 valence electrons. The molecule has 0 radical (unpaired) electrons. The van der Waals surface area contributed by atoms with Crippen molar-refractivity contribution in [2.75, 3.05) is 0 Å². The summed E-state index contributed by atoms with van der Waals surface area (Å²) in [6.45, 7) is 3.86. The minimum Gasteiger partial charge on any atom is -0.280 e. The van der Waals surface area contributed by atoms with Gasteiger partial charge in [0.05, 0.1) is 11.8 Å². The van der Waals surface area contributed by atoms with Gasteiger partial charge in [0.1, 0.15) is 0 Å². The van der Waals surface area contributed by atoms with Crippen LogP contribution in [0.4, 0.5) is 0 Å². The van der Waals surface area contributed by atoms with Gasteiger partial charge in [0.15, 0.2) is 0 Å². The van der Waals surface area contributed by atoms with Gasteiger partial charge in [-0.2, -0.15) is 0 Å². The SMILES string of the molecule is CC(C)N1C(=O)[C@@H]2[C@H](C1=O)[C@@H]1C=C[C@H]2C12CC2. The number of imide groups is 1. The fourth-order valence-electron chi connectivity index (χ4n) is 4.61. The first kappa shape index (κ1) is 9.86. The van der Waals surface area contributed by atoms with Crippen LogP contribution in [-0.4, -0.2) is 22.8 Å². The highest BCUT2D eigenvalue weighted by molar-refractivity contribution is 6.07. The molecule has 1 heterocycles. The second-order valence-corrected chi connectivity index (χ2v) is 6.36. The lowest BCUT2D eigenvalue weighted by molar-refractivity contribution is -0.143. The molecular weight excluding hydrogens is 214 g/mol. The van der Waals surface area contributed by atoms with E-state index in [9.17, 15) is 9.59 Å². The topological polar surface area (TPSA) is 37.4 Å². The van der Waals surface area contributed by atoms with Crippen LogP contribution in [0.5, 0.6) is 0 Å². The molecule has 0 aromatic heterocycles. The zero-order valence-corrected chi connectivity index (χ0v) is 10.2. The molecule has 4 atom stereocenters. The summed E-state index contributed by atoms with van der Waals surface area (Å²) in [4.78, 5) is 26.3. The van der Waals surface area contributed by atoms with E-state index in [4.69, 9.17) is 0 Å². The molecule has 17 heavy (non-hydrogen) atoms. The van der Waals surface area contributed by atoms with E-state index < -0.39 is 0 Å². The lowest BCUT2D eigenvalue weighted by atomic mass is 9.85. The molecule has 1 saturated heterocycles. The maximum Gasteiger partial charge on any atom is 0.233 e. The number of rotatable bonds is 1. The van der Waals surface area contributed by atoms with Gasteiger partial charge in [0.2, 0.25) is 11.8 Å². The van der Waals surface area contributed by atoms with E-state index in [0.29, 0.717) is 17.3 Å². The number of likely N-dealkylation sites (tertiary alicyclic amines) is 1. The normalized spacial score (nSPS) is 44.3. The molecule has 2 amide bonds. The van der Waals surface area contributed by atoms with Crippen molar-refractivity contribution >= 4 is 11.8 Å². The summed E-state index contributed by atoms with van der Waals surface area (Å²) in [5, 5.41) is 0. The predicted molar refractivity (Wildman–Crippen MR) is 61.8 cm³/mol. The third-order valence-corrected chi connectivity index (χ3v) is 5.40. The van der Waals surface area contributed by atoms with E-state index in [1.54, 1.807) is 0 Å². The van der Waals surface area contributed by atoms with Gasteiger partial charge in [0, 0.05) is 6.04 Å². The summed E-state index contributed by atoms with van der Waals surface area (Å²) >= 11 is 0. The molecule has 0 N–H and O–H groups in total. The Morgan fingerprint density at radius 2 is 1.59 bits per heavy atom. The van der Waals surface area contributed by atoms with Crippen molar-refractivity contribution in [2.45, 2.75) is 32.7 Å². The summed E-state index contributed by atoms with van der Waals surface area (Å²) in [5.41, 5.74) is 0.323. The van der Waals surface area contributed by atoms with Crippen LogP contribution in [0.3, 0.4) is 0 Å². The van der Waals surface area contributed by atoms with Crippen molar-refractivity contribution in [1.29, 1.82) is 0 Å². The monoisotopic (exact) mass is 231 g/mol. The van der Waals surface area contributed by atoms with Gasteiger partial charge in [-0.25, -0.2) is 0 Å². The van der Waals surface area contributed by atoms with Gasteiger partial charge in [-0.3, -0.25) is 14.5 Å². The van der Waals surface area contributed by atoms with Gasteiger partial charge >= 0.3 is 0 Å². The Labute approximate surface area is 101 Å². The first-order valence-electron chi connectivity index (χ1n) is 6.63. The van der Waals surface area contributed by atoms with E-state index in [0.717, 1.165) is 0 Å². The summed E-state index contributed by atoms with van der Waals surface area (Å²) in [6, 6.07) is 0.00940. The van der Waals surface area contributed by atoms with Gasteiger partial charge in [-0.05, 0) is 43.9 Å². The minimum atomic E-state index is -0.0256. The molecular formula is C14H17NO2. The van der Waals surface area contributed by atoms with Gasteiger partial charge in [0.25, 0.3) is 0 Å². The number of carbonyl (C=O) groups is 2. The quantitative estimate of drug-likeness (QED) is 0.507. The average molecular weight is 231 g/mol. The van der Waals surface area contributed by atoms with Crippen LogP contribution in [0.15, 0.2) is 12.2 Å². The molecule has 1 aliphatic heterocycles. The van der Waals surface area contributed by atoms with E-state index in [-0.39, 0.29) is 29.7 Å². The Bertz CT molecular complexity index is 427. The first-order chi connectivity index (χ1) is 8.08. The molecule has 0 unspecified atom stereocenters. The number of hydrogen-bond acceptors (Lipinski definition) is 2. The van der Waals surface area contributed by atoms with Crippen molar-refractivity contribution in [3.05, 3.63) is 12.2 Å². The second kappa shape index (κ2) is 2.65. The fourth-order valence-corrected chi connectivity index (χ4v) is 4.61. The largest absolute Gasteiger partial charge is 0.280 e.